The van der Waals surface area contributed by atoms with E-state index in [0.29, 0.717) is 17.4 Å². The fourth-order valence-corrected chi connectivity index (χ4v) is 8.54. The van der Waals surface area contributed by atoms with Gasteiger partial charge in [-0.15, -0.1) is 0 Å². The number of carbonyl (C=O) groups is 3. The molecule has 1 aliphatic heterocycles. The molecular weight excluding hydrogens is 354 g/mol. The maximum atomic E-state index is 13.7. The third kappa shape index (κ3) is 1.63. The molecule has 6 rings (SSSR count). The van der Waals surface area contributed by atoms with Gasteiger partial charge >= 0.3 is 6.09 Å². The molecule has 5 fully saturated rings. The molecule has 0 aromatic rings. The zero-order chi connectivity index (χ0) is 19.7. The third-order valence-corrected chi connectivity index (χ3v) is 10.2. The molecule has 8 atom stereocenters. The van der Waals surface area contributed by atoms with E-state index < -0.39 is 6.09 Å². The highest BCUT2D eigenvalue weighted by atomic mass is 16.6. The summed E-state index contributed by atoms with van der Waals surface area (Å²) >= 11 is 0. The molecule has 0 unspecified atom stereocenters. The van der Waals surface area contributed by atoms with Crippen molar-refractivity contribution in [2.24, 2.45) is 40.4 Å². The van der Waals surface area contributed by atoms with Gasteiger partial charge in [-0.25, -0.2) is 9.69 Å². The summed E-state index contributed by atoms with van der Waals surface area (Å²) in [5.74, 6) is 1.10. The van der Waals surface area contributed by atoms with Crippen molar-refractivity contribution in [1.82, 2.24) is 4.90 Å². The molecule has 0 spiro atoms. The highest BCUT2D eigenvalue weighted by molar-refractivity contribution is 6.25. The van der Waals surface area contributed by atoms with Crippen LogP contribution in [0.5, 0.6) is 0 Å². The largest absolute Gasteiger partial charge is 0.443 e. The first kappa shape index (κ1) is 17.2. The number of imide groups is 1. The van der Waals surface area contributed by atoms with E-state index in [-0.39, 0.29) is 52.4 Å². The Kier molecular flexibility index (Phi) is 3.02. The van der Waals surface area contributed by atoms with Gasteiger partial charge < -0.3 is 4.74 Å². The molecule has 2 amide bonds. The van der Waals surface area contributed by atoms with Gasteiger partial charge in [-0.1, -0.05) is 26.3 Å². The van der Waals surface area contributed by atoms with Gasteiger partial charge in [0.25, 0.3) is 5.91 Å². The molecule has 5 nitrogen and oxygen atoms in total. The van der Waals surface area contributed by atoms with Gasteiger partial charge in [0.15, 0.2) is 5.78 Å². The lowest BCUT2D eigenvalue weighted by Crippen LogP contribution is -2.51. The summed E-state index contributed by atoms with van der Waals surface area (Å²) in [6.45, 7) is 8.65. The summed E-state index contributed by atoms with van der Waals surface area (Å²) in [6, 6.07) is -0.244. The first-order chi connectivity index (χ1) is 13.2. The second kappa shape index (κ2) is 4.91. The minimum absolute atomic E-state index is 0.00326. The zero-order valence-corrected chi connectivity index (χ0v) is 17.2. The van der Waals surface area contributed by atoms with Crippen molar-refractivity contribution in [3.05, 3.63) is 11.1 Å². The molecule has 4 bridgehead atoms. The quantitative estimate of drug-likeness (QED) is 0.648. The minimum atomic E-state index is -0.540. The maximum Gasteiger partial charge on any atom is 0.417 e. The number of nitrogens with zero attached hydrogens (tertiary/aromatic N) is 1. The van der Waals surface area contributed by atoms with Gasteiger partial charge in [-0.05, 0) is 67.6 Å². The van der Waals surface area contributed by atoms with Crippen LogP contribution in [0.15, 0.2) is 11.1 Å². The Labute approximate surface area is 165 Å². The van der Waals surface area contributed by atoms with E-state index in [0.717, 1.165) is 31.3 Å². The van der Waals surface area contributed by atoms with Crippen LogP contribution in [0.2, 0.25) is 0 Å². The van der Waals surface area contributed by atoms with Crippen LogP contribution in [0.4, 0.5) is 4.79 Å². The van der Waals surface area contributed by atoms with Crippen molar-refractivity contribution in [1.29, 1.82) is 0 Å². The average molecular weight is 383 g/mol. The predicted molar refractivity (Wildman–Crippen MR) is 101 cm³/mol. The molecular formula is C23H29NO4. The van der Waals surface area contributed by atoms with Crippen LogP contribution in [0.1, 0.15) is 59.8 Å². The van der Waals surface area contributed by atoms with Crippen LogP contribution < -0.4 is 0 Å². The molecule has 150 valence electrons. The van der Waals surface area contributed by atoms with E-state index in [2.05, 4.69) is 20.8 Å². The number of ether oxygens (including phenoxy) is 1. The Morgan fingerprint density at radius 3 is 2.43 bits per heavy atom. The van der Waals surface area contributed by atoms with Crippen molar-refractivity contribution in [2.45, 2.75) is 71.9 Å². The van der Waals surface area contributed by atoms with E-state index in [1.54, 1.807) is 0 Å². The molecule has 0 aromatic heterocycles. The molecule has 0 N–H and O–H groups in total. The fraction of sp³-hybridized carbons (Fsp3) is 0.783. The van der Waals surface area contributed by atoms with Gasteiger partial charge in [0, 0.05) is 11.8 Å². The number of ketones is 1. The van der Waals surface area contributed by atoms with Crippen LogP contribution in [0.25, 0.3) is 0 Å². The van der Waals surface area contributed by atoms with Crippen LogP contribution in [0, 0.1) is 40.4 Å². The van der Waals surface area contributed by atoms with Crippen LogP contribution in [0.3, 0.4) is 0 Å². The molecule has 1 saturated heterocycles. The van der Waals surface area contributed by atoms with E-state index in [9.17, 15) is 14.4 Å². The van der Waals surface area contributed by atoms with Gasteiger partial charge in [-0.3, -0.25) is 9.59 Å². The number of hydrogen-bond acceptors (Lipinski definition) is 4. The highest BCUT2D eigenvalue weighted by Crippen LogP contribution is 2.69. The van der Waals surface area contributed by atoms with E-state index in [1.807, 2.05) is 6.92 Å². The highest BCUT2D eigenvalue weighted by Gasteiger charge is 2.73. The Morgan fingerprint density at radius 1 is 1.07 bits per heavy atom. The van der Waals surface area contributed by atoms with Crippen LogP contribution >= 0.6 is 0 Å². The molecule has 5 aliphatic carbocycles. The molecule has 6 aliphatic rings. The lowest BCUT2D eigenvalue weighted by Gasteiger charge is -2.40. The third-order valence-electron chi connectivity index (χ3n) is 10.2. The number of Topliss-reactive ketones (excluding diaryl/α,β-unsaturated/α-hetero) is 1. The zero-order valence-electron chi connectivity index (χ0n) is 17.2. The van der Waals surface area contributed by atoms with Crippen molar-refractivity contribution in [3.63, 3.8) is 0 Å². The fourth-order valence-electron chi connectivity index (χ4n) is 8.54. The van der Waals surface area contributed by atoms with Crippen molar-refractivity contribution in [2.75, 3.05) is 0 Å². The summed E-state index contributed by atoms with van der Waals surface area (Å²) in [4.78, 5) is 41.1. The lowest BCUT2D eigenvalue weighted by molar-refractivity contribution is -0.131. The number of allylic oxidation sites excluding steroid dienone is 1. The number of fused-ring (bicyclic) bond motifs is 10. The van der Waals surface area contributed by atoms with E-state index in [1.165, 1.54) is 11.3 Å². The number of rotatable bonds is 1. The van der Waals surface area contributed by atoms with Gasteiger partial charge in [0.1, 0.15) is 6.10 Å². The lowest BCUT2D eigenvalue weighted by atomic mass is 9.69. The summed E-state index contributed by atoms with van der Waals surface area (Å²) in [6.07, 6.45) is 4.67. The van der Waals surface area contributed by atoms with Crippen LogP contribution in [-0.4, -0.2) is 34.8 Å². The SMILES string of the molecule is CC1=C(C(=O)N2C(=O)O[C@@H]3[C@H]4CC[C@@](C)([C@@H]32)C4(C)C)C(=O)[C@H]2[C@@H]3CC[C@@H](C3)[C@@H]12. The molecule has 0 radical (unpaired) electrons. The standard InChI is InChI=1S/C23H29NO4/c1-10-14-11-5-6-12(9-11)16(14)17(25)15(10)20(26)24-19-18(28-21(24)27)13-7-8-23(19,4)22(13,2)3/h11-14,16,18-19H,5-9H2,1-4H3/t11-,12+,13+,14+,16-,18+,19+,23-/m0/s1. The first-order valence-electron chi connectivity index (χ1n) is 11.0. The van der Waals surface area contributed by atoms with Crippen molar-refractivity contribution in [3.8, 4) is 0 Å². The second-order valence-corrected chi connectivity index (χ2v) is 11.1. The van der Waals surface area contributed by atoms with Gasteiger partial charge in [-0.2, -0.15) is 0 Å². The Bertz CT molecular complexity index is 872. The Hall–Kier alpha value is -1.65. The number of carbonyl (C=O) groups excluding carboxylic acids is 3. The normalized spacial score (nSPS) is 49.9. The predicted octanol–water partition coefficient (Wildman–Crippen LogP) is 3.72. The van der Waals surface area contributed by atoms with E-state index >= 15 is 0 Å². The monoisotopic (exact) mass is 383 g/mol. The minimum Gasteiger partial charge on any atom is -0.443 e. The molecule has 1 heterocycles. The molecule has 5 heteroatoms. The van der Waals surface area contributed by atoms with Crippen LogP contribution in [-0.2, 0) is 14.3 Å². The molecule has 28 heavy (non-hydrogen) atoms. The van der Waals surface area contributed by atoms with Crippen molar-refractivity contribution < 1.29 is 19.1 Å². The second-order valence-electron chi connectivity index (χ2n) is 11.1. The number of amides is 2. The maximum absolute atomic E-state index is 13.7. The number of hydrogen-bond donors (Lipinski definition) is 0. The summed E-state index contributed by atoms with van der Waals surface area (Å²) in [7, 11) is 0. The molecule has 0 aromatic carbocycles. The topological polar surface area (TPSA) is 63.7 Å². The van der Waals surface area contributed by atoms with Gasteiger partial charge in [0.05, 0.1) is 11.6 Å². The summed E-state index contributed by atoms with van der Waals surface area (Å²) < 4.78 is 5.76. The van der Waals surface area contributed by atoms with Crippen molar-refractivity contribution >= 4 is 17.8 Å². The summed E-state index contributed by atoms with van der Waals surface area (Å²) in [5, 5.41) is 0. The Morgan fingerprint density at radius 2 is 1.75 bits per heavy atom. The summed E-state index contributed by atoms with van der Waals surface area (Å²) in [5.41, 5.74) is 1.11. The average Bonchev–Trinajstić information content (AvgIpc) is 3.41. The smallest absolute Gasteiger partial charge is 0.417 e. The Balaban J connectivity index is 1.40. The van der Waals surface area contributed by atoms with E-state index in [4.69, 9.17) is 4.74 Å². The first-order valence-corrected chi connectivity index (χ1v) is 11.0. The molecule has 4 saturated carbocycles. The van der Waals surface area contributed by atoms with Gasteiger partial charge in [0.2, 0.25) is 0 Å².